The number of thioether (sulfide) groups is 1. The molecule has 0 amide bonds. The number of nitrogens with one attached hydrogen (secondary N) is 1. The van der Waals surface area contributed by atoms with E-state index in [2.05, 4.69) is 10.1 Å². The van der Waals surface area contributed by atoms with Crippen molar-refractivity contribution in [2.75, 3.05) is 0 Å². The zero-order valence-corrected chi connectivity index (χ0v) is 11.8. The van der Waals surface area contributed by atoms with E-state index in [1.54, 1.807) is 24.4 Å². The first-order valence-corrected chi connectivity index (χ1v) is 7.32. The van der Waals surface area contributed by atoms with Gasteiger partial charge in [0, 0.05) is 23.7 Å². The van der Waals surface area contributed by atoms with Crippen molar-refractivity contribution in [3.63, 3.8) is 0 Å². The molecule has 0 radical (unpaired) electrons. The monoisotopic (exact) mass is 301 g/mol. The lowest BCUT2D eigenvalue weighted by Gasteiger charge is -2.02. The second-order valence-electron chi connectivity index (χ2n) is 4.39. The Morgan fingerprint density at radius 3 is 2.71 bits per heavy atom. The number of benzene rings is 1. The lowest BCUT2D eigenvalue weighted by Crippen LogP contribution is -2.13. The second-order valence-corrected chi connectivity index (χ2v) is 5.38. The molecule has 106 valence electrons. The van der Waals surface area contributed by atoms with Crippen LogP contribution in [0.2, 0.25) is 0 Å². The molecule has 2 aromatic heterocycles. The molecule has 3 rings (SSSR count). The molecule has 1 aromatic carbocycles. The van der Waals surface area contributed by atoms with E-state index in [4.69, 9.17) is 0 Å². The third-order valence-corrected chi connectivity index (χ3v) is 3.86. The molecule has 0 aliphatic rings. The molecule has 0 spiro atoms. The first-order valence-electron chi connectivity index (χ1n) is 6.33. The Hall–Kier alpha value is -2.34. The van der Waals surface area contributed by atoms with Gasteiger partial charge in [-0.1, -0.05) is 6.07 Å². The van der Waals surface area contributed by atoms with Crippen molar-refractivity contribution < 1.29 is 4.39 Å². The molecular weight excluding hydrogens is 289 g/mol. The zero-order valence-electron chi connectivity index (χ0n) is 11.0. The van der Waals surface area contributed by atoms with Gasteiger partial charge < -0.3 is 0 Å². The fraction of sp³-hybridized carbons (Fsp3) is 0.0667. The lowest BCUT2D eigenvalue weighted by atomic mass is 10.3. The number of hydrogen-bond donors (Lipinski definition) is 1. The quantitative estimate of drug-likeness (QED) is 0.754. The minimum absolute atomic E-state index is 0.168. The van der Waals surface area contributed by atoms with E-state index in [0.29, 0.717) is 11.4 Å². The molecule has 0 bridgehead atoms. The van der Waals surface area contributed by atoms with E-state index < -0.39 is 0 Å². The standard InChI is InChI=1S/C15H12FN3OS/c16-11-4-6-13(7-5-11)19-15(20)9-12(18-19)10-21-14-3-1-2-8-17-14/h1-9,18H,10H2. The predicted octanol–water partition coefficient (Wildman–Crippen LogP) is 2.99. The highest BCUT2D eigenvalue weighted by atomic mass is 32.2. The summed E-state index contributed by atoms with van der Waals surface area (Å²) in [5.74, 6) is 0.282. The Balaban J connectivity index is 1.78. The van der Waals surface area contributed by atoms with Crippen molar-refractivity contribution in [1.29, 1.82) is 0 Å². The van der Waals surface area contributed by atoms with Crippen LogP contribution < -0.4 is 5.56 Å². The van der Waals surface area contributed by atoms with Crippen molar-refractivity contribution in [2.24, 2.45) is 0 Å². The van der Waals surface area contributed by atoms with Gasteiger partial charge in [-0.2, -0.15) is 0 Å². The van der Waals surface area contributed by atoms with E-state index in [0.717, 1.165) is 10.7 Å². The summed E-state index contributed by atoms with van der Waals surface area (Å²) in [5, 5.41) is 3.92. The van der Waals surface area contributed by atoms with Gasteiger partial charge in [-0.05, 0) is 36.4 Å². The van der Waals surface area contributed by atoms with Gasteiger partial charge in [-0.25, -0.2) is 14.1 Å². The highest BCUT2D eigenvalue weighted by molar-refractivity contribution is 7.98. The largest absolute Gasteiger partial charge is 0.294 e. The number of halogens is 1. The van der Waals surface area contributed by atoms with Crippen LogP contribution in [-0.4, -0.2) is 14.8 Å². The molecule has 0 unspecified atom stereocenters. The zero-order chi connectivity index (χ0) is 14.7. The summed E-state index contributed by atoms with van der Waals surface area (Å²) in [6, 6.07) is 13.0. The second kappa shape index (κ2) is 5.97. The summed E-state index contributed by atoms with van der Waals surface area (Å²) >= 11 is 1.54. The maximum atomic E-state index is 12.9. The van der Waals surface area contributed by atoms with Gasteiger partial charge in [0.25, 0.3) is 5.56 Å². The van der Waals surface area contributed by atoms with Gasteiger partial charge in [0.1, 0.15) is 5.82 Å². The number of nitrogens with zero attached hydrogens (tertiary/aromatic N) is 2. The highest BCUT2D eigenvalue weighted by Crippen LogP contribution is 2.18. The van der Waals surface area contributed by atoms with Crippen molar-refractivity contribution >= 4 is 11.8 Å². The van der Waals surface area contributed by atoms with Crippen LogP contribution in [0.1, 0.15) is 5.69 Å². The van der Waals surface area contributed by atoms with Crippen molar-refractivity contribution in [1.82, 2.24) is 14.8 Å². The summed E-state index contributed by atoms with van der Waals surface area (Å²) in [6.07, 6.45) is 1.73. The molecule has 6 heteroatoms. The van der Waals surface area contributed by atoms with Crippen LogP contribution in [0.3, 0.4) is 0 Å². The van der Waals surface area contributed by atoms with Crippen LogP contribution in [-0.2, 0) is 5.75 Å². The first-order chi connectivity index (χ1) is 10.2. The van der Waals surface area contributed by atoms with E-state index in [9.17, 15) is 9.18 Å². The molecule has 4 nitrogen and oxygen atoms in total. The number of aromatic amines is 1. The van der Waals surface area contributed by atoms with E-state index in [-0.39, 0.29) is 11.4 Å². The number of pyridine rings is 1. The Kier molecular flexibility index (Phi) is 3.87. The van der Waals surface area contributed by atoms with Gasteiger partial charge in [0.2, 0.25) is 0 Å². The summed E-state index contributed by atoms with van der Waals surface area (Å²) in [7, 11) is 0. The maximum Gasteiger partial charge on any atom is 0.271 e. The molecule has 0 aliphatic heterocycles. The molecule has 0 aliphatic carbocycles. The van der Waals surface area contributed by atoms with Crippen LogP contribution in [0.4, 0.5) is 4.39 Å². The fourth-order valence-electron chi connectivity index (χ4n) is 1.88. The maximum absolute atomic E-state index is 12.9. The minimum Gasteiger partial charge on any atom is -0.294 e. The Labute approximate surface area is 124 Å². The summed E-state index contributed by atoms with van der Waals surface area (Å²) < 4.78 is 14.3. The molecule has 0 atom stereocenters. The van der Waals surface area contributed by atoms with Crippen LogP contribution in [0.5, 0.6) is 0 Å². The Morgan fingerprint density at radius 1 is 1.19 bits per heavy atom. The lowest BCUT2D eigenvalue weighted by molar-refractivity contribution is 0.627. The first kappa shape index (κ1) is 13.6. The predicted molar refractivity (Wildman–Crippen MR) is 80.1 cm³/mol. The highest BCUT2D eigenvalue weighted by Gasteiger charge is 2.06. The third-order valence-electron chi connectivity index (χ3n) is 2.87. The minimum atomic E-state index is -0.329. The molecular formula is C15H12FN3OS. The van der Waals surface area contributed by atoms with Crippen molar-refractivity contribution in [2.45, 2.75) is 10.8 Å². The molecule has 1 N–H and O–H groups in total. The molecule has 0 saturated heterocycles. The number of rotatable bonds is 4. The van der Waals surface area contributed by atoms with Gasteiger partial charge in [-0.3, -0.25) is 9.89 Å². The van der Waals surface area contributed by atoms with Gasteiger partial charge in [0.15, 0.2) is 0 Å². The number of H-pyrrole nitrogens is 1. The van der Waals surface area contributed by atoms with E-state index in [1.165, 1.54) is 28.6 Å². The van der Waals surface area contributed by atoms with Crippen LogP contribution in [0.25, 0.3) is 5.69 Å². The normalized spacial score (nSPS) is 10.7. The van der Waals surface area contributed by atoms with E-state index >= 15 is 0 Å². The van der Waals surface area contributed by atoms with Gasteiger partial charge in [0.05, 0.1) is 10.7 Å². The molecule has 21 heavy (non-hydrogen) atoms. The van der Waals surface area contributed by atoms with Crippen LogP contribution >= 0.6 is 11.8 Å². The molecule has 3 aromatic rings. The molecule has 0 fully saturated rings. The summed E-state index contributed by atoms with van der Waals surface area (Å²) in [5.41, 5.74) is 1.23. The summed E-state index contributed by atoms with van der Waals surface area (Å²) in [4.78, 5) is 16.2. The molecule has 0 saturated carbocycles. The SMILES string of the molecule is O=c1cc(CSc2ccccn2)[nH]n1-c1ccc(F)cc1. The number of hydrogen-bond acceptors (Lipinski definition) is 3. The van der Waals surface area contributed by atoms with Crippen molar-refractivity contribution in [3.8, 4) is 5.69 Å². The summed E-state index contributed by atoms with van der Waals surface area (Å²) in [6.45, 7) is 0. The number of aromatic nitrogens is 3. The Bertz CT molecular complexity index is 781. The fourth-order valence-corrected chi connectivity index (χ4v) is 2.65. The smallest absolute Gasteiger partial charge is 0.271 e. The van der Waals surface area contributed by atoms with E-state index in [1.807, 2.05) is 18.2 Å². The topological polar surface area (TPSA) is 50.7 Å². The average Bonchev–Trinajstić information content (AvgIpc) is 2.88. The van der Waals surface area contributed by atoms with Crippen molar-refractivity contribution in [3.05, 3.63) is 76.6 Å². The van der Waals surface area contributed by atoms with Gasteiger partial charge in [-0.15, -0.1) is 11.8 Å². The average molecular weight is 301 g/mol. The van der Waals surface area contributed by atoms with Gasteiger partial charge >= 0.3 is 0 Å². The Morgan fingerprint density at radius 2 is 2.00 bits per heavy atom. The molecule has 2 heterocycles. The third kappa shape index (κ3) is 3.22. The van der Waals surface area contributed by atoms with Crippen LogP contribution in [0, 0.1) is 5.82 Å². The van der Waals surface area contributed by atoms with Crippen LogP contribution in [0.15, 0.2) is 64.5 Å².